The molecular formula is C15H14N3O2S-. The second-order valence-corrected chi connectivity index (χ2v) is 4.69. The number of anilines is 1. The minimum absolute atomic E-state index is 0.130. The van der Waals surface area contributed by atoms with Crippen molar-refractivity contribution < 1.29 is 9.90 Å². The summed E-state index contributed by atoms with van der Waals surface area (Å²) in [7, 11) is 0. The first kappa shape index (κ1) is 14.8. The van der Waals surface area contributed by atoms with Crippen molar-refractivity contribution in [1.29, 1.82) is 0 Å². The molecule has 0 saturated heterocycles. The van der Waals surface area contributed by atoms with Crippen molar-refractivity contribution in [3.63, 3.8) is 0 Å². The predicted molar refractivity (Wildman–Crippen MR) is 83.4 cm³/mol. The molecule has 0 saturated carbocycles. The number of carboxylic acids is 1. The Morgan fingerprint density at radius 1 is 1.05 bits per heavy atom. The van der Waals surface area contributed by atoms with E-state index in [1.165, 1.54) is 12.1 Å². The molecule has 0 amide bonds. The monoisotopic (exact) mass is 300 g/mol. The van der Waals surface area contributed by atoms with Gasteiger partial charge in [-0.05, 0) is 35.5 Å². The SMILES string of the molecule is O=C([O-])c1ccc(NNC(=S)NCc2ccccc2)cc1. The van der Waals surface area contributed by atoms with E-state index in [4.69, 9.17) is 12.2 Å². The fourth-order valence-corrected chi connectivity index (χ4v) is 1.76. The molecule has 6 heteroatoms. The van der Waals surface area contributed by atoms with Gasteiger partial charge in [-0.2, -0.15) is 0 Å². The molecule has 0 radical (unpaired) electrons. The number of rotatable bonds is 5. The maximum Gasteiger partial charge on any atom is 0.185 e. The van der Waals surface area contributed by atoms with Gasteiger partial charge in [0.25, 0.3) is 0 Å². The van der Waals surface area contributed by atoms with E-state index in [1.807, 2.05) is 30.3 Å². The summed E-state index contributed by atoms with van der Waals surface area (Å²) in [5.41, 5.74) is 7.66. The largest absolute Gasteiger partial charge is 0.545 e. The topological polar surface area (TPSA) is 76.2 Å². The normalized spacial score (nSPS) is 9.71. The Morgan fingerprint density at radius 2 is 1.71 bits per heavy atom. The first-order chi connectivity index (χ1) is 10.1. The quantitative estimate of drug-likeness (QED) is 0.566. The van der Waals surface area contributed by atoms with Crippen LogP contribution in [0.1, 0.15) is 15.9 Å². The van der Waals surface area contributed by atoms with E-state index < -0.39 is 5.97 Å². The Hall–Kier alpha value is -2.60. The van der Waals surface area contributed by atoms with Crippen LogP contribution in [0.25, 0.3) is 0 Å². The highest BCUT2D eigenvalue weighted by Crippen LogP contribution is 2.07. The second kappa shape index (κ2) is 7.25. The molecule has 0 bridgehead atoms. The van der Waals surface area contributed by atoms with Gasteiger partial charge < -0.3 is 15.2 Å². The van der Waals surface area contributed by atoms with Crippen LogP contribution >= 0.6 is 12.2 Å². The Morgan fingerprint density at radius 3 is 2.33 bits per heavy atom. The van der Waals surface area contributed by atoms with Gasteiger partial charge in [0.15, 0.2) is 5.11 Å². The van der Waals surface area contributed by atoms with Gasteiger partial charge in [-0.15, -0.1) is 0 Å². The zero-order valence-electron chi connectivity index (χ0n) is 11.1. The van der Waals surface area contributed by atoms with Crippen LogP contribution in [0.5, 0.6) is 0 Å². The fourth-order valence-electron chi connectivity index (χ4n) is 1.64. The van der Waals surface area contributed by atoms with E-state index in [0.29, 0.717) is 17.3 Å². The molecule has 0 spiro atoms. The van der Waals surface area contributed by atoms with E-state index in [0.717, 1.165) is 5.56 Å². The first-order valence-electron chi connectivity index (χ1n) is 6.30. The van der Waals surface area contributed by atoms with Crippen molar-refractivity contribution in [3.05, 3.63) is 65.7 Å². The van der Waals surface area contributed by atoms with Crippen LogP contribution < -0.4 is 21.3 Å². The number of nitrogens with one attached hydrogen (secondary N) is 3. The van der Waals surface area contributed by atoms with E-state index in [-0.39, 0.29) is 5.56 Å². The second-order valence-electron chi connectivity index (χ2n) is 4.28. The number of hydrogen-bond donors (Lipinski definition) is 3. The lowest BCUT2D eigenvalue weighted by Gasteiger charge is -2.13. The molecular weight excluding hydrogens is 286 g/mol. The number of carbonyl (C=O) groups is 1. The summed E-state index contributed by atoms with van der Waals surface area (Å²) in [5, 5.41) is 14.1. The molecule has 0 heterocycles. The van der Waals surface area contributed by atoms with Crippen molar-refractivity contribution in [1.82, 2.24) is 10.7 Å². The lowest BCUT2D eigenvalue weighted by Crippen LogP contribution is -2.38. The molecule has 2 aromatic rings. The Labute approximate surface area is 128 Å². The third-order valence-corrected chi connectivity index (χ3v) is 2.98. The number of carboxylic acid groups (broad SMARTS) is 1. The molecule has 0 unspecified atom stereocenters. The maximum absolute atomic E-state index is 10.6. The Balaban J connectivity index is 1.77. The molecule has 0 aromatic heterocycles. The number of thiocarbonyl (C=S) groups is 1. The number of carbonyl (C=O) groups excluding carboxylic acids is 1. The average molecular weight is 300 g/mol. The van der Waals surface area contributed by atoms with Crippen LogP contribution in [0.2, 0.25) is 0 Å². The summed E-state index contributed by atoms with van der Waals surface area (Å²) in [5.74, 6) is -1.20. The molecule has 3 N–H and O–H groups in total. The molecule has 2 aromatic carbocycles. The summed E-state index contributed by atoms with van der Waals surface area (Å²) >= 11 is 5.13. The highest BCUT2D eigenvalue weighted by Gasteiger charge is 1.97. The van der Waals surface area contributed by atoms with Gasteiger partial charge in [0.2, 0.25) is 0 Å². The van der Waals surface area contributed by atoms with E-state index in [9.17, 15) is 9.90 Å². The van der Waals surface area contributed by atoms with Gasteiger partial charge in [0, 0.05) is 6.54 Å². The van der Waals surface area contributed by atoms with Crippen LogP contribution in [0.3, 0.4) is 0 Å². The van der Waals surface area contributed by atoms with Crippen LogP contribution in [0.15, 0.2) is 54.6 Å². The van der Waals surface area contributed by atoms with Crippen LogP contribution in [-0.2, 0) is 6.54 Å². The smallest absolute Gasteiger partial charge is 0.185 e. The number of hydrazine groups is 1. The van der Waals surface area contributed by atoms with E-state index in [2.05, 4.69) is 16.2 Å². The highest BCUT2D eigenvalue weighted by atomic mass is 32.1. The molecule has 0 aliphatic heterocycles. The Bertz CT molecular complexity index is 615. The standard InChI is InChI=1S/C15H15N3O2S/c19-14(20)12-6-8-13(9-7-12)17-18-15(21)16-10-11-4-2-1-3-5-11/h1-9,17H,10H2,(H,19,20)(H2,16,18,21)/p-1. The number of aromatic carboxylic acids is 1. The minimum Gasteiger partial charge on any atom is -0.545 e. The number of hydrogen-bond acceptors (Lipinski definition) is 4. The average Bonchev–Trinajstić information content (AvgIpc) is 2.52. The zero-order chi connectivity index (χ0) is 15.1. The van der Waals surface area contributed by atoms with Crippen LogP contribution in [0.4, 0.5) is 5.69 Å². The van der Waals surface area contributed by atoms with Crippen molar-refractivity contribution in [2.24, 2.45) is 0 Å². The maximum atomic E-state index is 10.6. The fraction of sp³-hybridized carbons (Fsp3) is 0.0667. The molecule has 0 aliphatic carbocycles. The predicted octanol–water partition coefficient (Wildman–Crippen LogP) is 1.04. The molecule has 0 atom stereocenters. The zero-order valence-corrected chi connectivity index (χ0v) is 11.9. The molecule has 108 valence electrons. The summed E-state index contributed by atoms with van der Waals surface area (Å²) in [6, 6.07) is 16.0. The molecule has 5 nitrogen and oxygen atoms in total. The third-order valence-electron chi connectivity index (χ3n) is 2.74. The van der Waals surface area contributed by atoms with Crippen LogP contribution in [-0.4, -0.2) is 11.1 Å². The summed E-state index contributed by atoms with van der Waals surface area (Å²) in [6.07, 6.45) is 0. The van der Waals surface area contributed by atoms with Gasteiger partial charge in [-0.1, -0.05) is 42.5 Å². The summed E-state index contributed by atoms with van der Waals surface area (Å²) < 4.78 is 0. The summed E-state index contributed by atoms with van der Waals surface area (Å²) in [6.45, 7) is 0.623. The summed E-state index contributed by atoms with van der Waals surface area (Å²) in [4.78, 5) is 10.6. The number of benzene rings is 2. The van der Waals surface area contributed by atoms with Gasteiger partial charge in [-0.25, -0.2) is 0 Å². The van der Waals surface area contributed by atoms with Gasteiger partial charge in [0.1, 0.15) is 0 Å². The first-order valence-corrected chi connectivity index (χ1v) is 6.71. The van der Waals surface area contributed by atoms with E-state index >= 15 is 0 Å². The van der Waals surface area contributed by atoms with Crippen molar-refractivity contribution in [2.75, 3.05) is 5.43 Å². The lowest BCUT2D eigenvalue weighted by atomic mass is 10.2. The van der Waals surface area contributed by atoms with Crippen LogP contribution in [0, 0.1) is 0 Å². The van der Waals surface area contributed by atoms with Crippen molar-refractivity contribution >= 4 is 29.0 Å². The third kappa shape index (κ3) is 4.77. The molecule has 21 heavy (non-hydrogen) atoms. The lowest BCUT2D eigenvalue weighted by molar-refractivity contribution is -0.255. The highest BCUT2D eigenvalue weighted by molar-refractivity contribution is 7.80. The Kier molecular flexibility index (Phi) is 5.11. The van der Waals surface area contributed by atoms with Crippen molar-refractivity contribution in [2.45, 2.75) is 6.54 Å². The van der Waals surface area contributed by atoms with Gasteiger partial charge >= 0.3 is 0 Å². The van der Waals surface area contributed by atoms with Gasteiger partial charge in [-0.3, -0.25) is 10.9 Å². The minimum atomic E-state index is -1.20. The van der Waals surface area contributed by atoms with Gasteiger partial charge in [0.05, 0.1) is 11.7 Å². The molecule has 2 rings (SSSR count). The van der Waals surface area contributed by atoms with Crippen molar-refractivity contribution in [3.8, 4) is 0 Å². The molecule has 0 fully saturated rings. The molecule has 0 aliphatic rings. The van der Waals surface area contributed by atoms with E-state index in [1.54, 1.807) is 12.1 Å².